The molecule has 1 saturated heterocycles. The maximum Gasteiger partial charge on any atom is 0.0841 e. The summed E-state index contributed by atoms with van der Waals surface area (Å²) in [5, 5.41) is 10.4. The van der Waals surface area contributed by atoms with Gasteiger partial charge in [0.25, 0.3) is 0 Å². The van der Waals surface area contributed by atoms with E-state index in [2.05, 4.69) is 64.7 Å². The van der Waals surface area contributed by atoms with Gasteiger partial charge in [0.15, 0.2) is 0 Å². The summed E-state index contributed by atoms with van der Waals surface area (Å²) in [6.07, 6.45) is 0. The highest BCUT2D eigenvalue weighted by Crippen LogP contribution is 2.23. The van der Waals surface area contributed by atoms with Gasteiger partial charge in [-0.05, 0) is 13.0 Å². The third-order valence-electron chi connectivity index (χ3n) is 3.58. The van der Waals surface area contributed by atoms with Gasteiger partial charge >= 0.3 is 0 Å². The Morgan fingerprint density at radius 1 is 1.35 bits per heavy atom. The molecule has 0 amide bonds. The zero-order valence-electron chi connectivity index (χ0n) is 11.8. The summed E-state index contributed by atoms with van der Waals surface area (Å²) >= 11 is 4.18. The van der Waals surface area contributed by atoms with Crippen LogP contribution in [0.15, 0.2) is 24.3 Å². The summed E-state index contributed by atoms with van der Waals surface area (Å²) in [7, 11) is 0. The van der Waals surface area contributed by atoms with Gasteiger partial charge in [-0.25, -0.2) is 0 Å². The molecule has 5 heteroatoms. The quantitative estimate of drug-likeness (QED) is 0.920. The van der Waals surface area contributed by atoms with Crippen LogP contribution < -0.4 is 5.32 Å². The van der Waals surface area contributed by atoms with Gasteiger partial charge in [-0.15, -0.1) is 0 Å². The van der Waals surface area contributed by atoms with Crippen LogP contribution in [0.2, 0.25) is 0 Å². The van der Waals surface area contributed by atoms with E-state index in [0.717, 1.165) is 24.9 Å². The Labute approximate surface area is 128 Å². The van der Waals surface area contributed by atoms with E-state index in [1.807, 2.05) is 0 Å². The Bertz CT molecular complexity index is 561. The van der Waals surface area contributed by atoms with E-state index in [0.29, 0.717) is 0 Å². The highest BCUT2D eigenvalue weighted by molar-refractivity contribution is 8.06. The molecular weight excluding hydrogens is 286 g/mol. The van der Waals surface area contributed by atoms with Crippen LogP contribution in [0.3, 0.4) is 0 Å². The number of aromatic nitrogens is 2. The van der Waals surface area contributed by atoms with E-state index in [-0.39, 0.29) is 0 Å². The highest BCUT2D eigenvalue weighted by Gasteiger charge is 2.14. The Hall–Kier alpha value is -0.650. The molecule has 1 aromatic carbocycles. The number of nitrogens with one attached hydrogen (secondary N) is 1. The molecule has 1 fully saturated rings. The van der Waals surface area contributed by atoms with Crippen LogP contribution in [0.25, 0.3) is 10.9 Å². The average molecular weight is 307 g/mol. The van der Waals surface area contributed by atoms with Crippen LogP contribution >= 0.6 is 23.5 Å². The third kappa shape index (κ3) is 3.15. The molecular formula is C15H21N3S2. The fraction of sp³-hybridized carbons (Fsp3) is 0.533. The number of nitrogens with zero attached hydrogens (tertiary/aromatic N) is 2. The molecule has 1 unspecified atom stereocenters. The molecule has 3 rings (SSSR count). The Balaban J connectivity index is 1.65. The predicted molar refractivity (Wildman–Crippen MR) is 90.7 cm³/mol. The van der Waals surface area contributed by atoms with E-state index >= 15 is 0 Å². The van der Waals surface area contributed by atoms with Gasteiger partial charge in [0.1, 0.15) is 0 Å². The lowest BCUT2D eigenvalue weighted by Crippen LogP contribution is -2.28. The Morgan fingerprint density at radius 3 is 3.05 bits per heavy atom. The SMILES string of the molecule is CCn1nc(CNCC2CSCCS2)c2ccccc21. The largest absolute Gasteiger partial charge is 0.310 e. The molecule has 1 aliphatic rings. The number of hydrogen-bond acceptors (Lipinski definition) is 4. The van der Waals surface area contributed by atoms with Gasteiger partial charge in [0, 0.05) is 47.5 Å². The average Bonchev–Trinajstić information content (AvgIpc) is 2.87. The minimum absolute atomic E-state index is 0.758. The van der Waals surface area contributed by atoms with Crippen LogP contribution in [-0.2, 0) is 13.1 Å². The number of fused-ring (bicyclic) bond motifs is 1. The summed E-state index contributed by atoms with van der Waals surface area (Å²) in [6, 6.07) is 8.52. The molecule has 108 valence electrons. The molecule has 2 heterocycles. The van der Waals surface area contributed by atoms with Gasteiger partial charge in [-0.2, -0.15) is 28.6 Å². The predicted octanol–water partition coefficient (Wildman–Crippen LogP) is 2.99. The Morgan fingerprint density at radius 2 is 2.25 bits per heavy atom. The zero-order valence-corrected chi connectivity index (χ0v) is 13.5. The van der Waals surface area contributed by atoms with Gasteiger partial charge in [-0.1, -0.05) is 18.2 Å². The lowest BCUT2D eigenvalue weighted by Gasteiger charge is -2.20. The normalized spacial score (nSPS) is 19.6. The monoisotopic (exact) mass is 307 g/mol. The first kappa shape index (κ1) is 14.3. The maximum absolute atomic E-state index is 4.73. The van der Waals surface area contributed by atoms with E-state index in [1.54, 1.807) is 0 Å². The summed E-state index contributed by atoms with van der Waals surface area (Å²) in [4.78, 5) is 0. The molecule has 0 radical (unpaired) electrons. The van der Waals surface area contributed by atoms with Gasteiger partial charge in [-0.3, -0.25) is 4.68 Å². The number of rotatable bonds is 5. The Kier molecular flexibility index (Phi) is 4.91. The van der Waals surface area contributed by atoms with Crippen LogP contribution in [0, 0.1) is 0 Å². The number of thioether (sulfide) groups is 2. The first-order chi connectivity index (χ1) is 9.88. The van der Waals surface area contributed by atoms with Gasteiger partial charge in [0.05, 0.1) is 11.2 Å². The van der Waals surface area contributed by atoms with Crippen LogP contribution in [0.4, 0.5) is 0 Å². The maximum atomic E-state index is 4.73. The topological polar surface area (TPSA) is 29.9 Å². The fourth-order valence-corrected chi connectivity index (χ4v) is 5.22. The van der Waals surface area contributed by atoms with Crippen molar-refractivity contribution in [1.82, 2.24) is 15.1 Å². The van der Waals surface area contributed by atoms with Crippen molar-refractivity contribution in [3.8, 4) is 0 Å². The summed E-state index contributed by atoms with van der Waals surface area (Å²) < 4.78 is 2.09. The van der Waals surface area contributed by atoms with Crippen molar-refractivity contribution in [1.29, 1.82) is 0 Å². The molecule has 1 N–H and O–H groups in total. The van der Waals surface area contributed by atoms with Crippen LogP contribution in [0.1, 0.15) is 12.6 Å². The molecule has 3 nitrogen and oxygen atoms in total. The number of para-hydroxylation sites is 1. The standard InChI is InChI=1S/C15H21N3S2/c1-2-18-15-6-4-3-5-13(15)14(17-18)10-16-9-12-11-19-7-8-20-12/h3-6,12,16H,2,7-11H2,1H3. The molecule has 1 atom stereocenters. The van der Waals surface area contributed by atoms with Gasteiger partial charge < -0.3 is 5.32 Å². The minimum atomic E-state index is 0.758. The molecule has 1 aromatic heterocycles. The molecule has 2 aromatic rings. The minimum Gasteiger partial charge on any atom is -0.310 e. The van der Waals surface area contributed by atoms with E-state index < -0.39 is 0 Å². The van der Waals surface area contributed by atoms with Crippen molar-refractivity contribution in [3.63, 3.8) is 0 Å². The fourth-order valence-electron chi connectivity index (χ4n) is 2.57. The number of hydrogen-bond donors (Lipinski definition) is 1. The summed E-state index contributed by atoms with van der Waals surface area (Å²) in [5.74, 6) is 3.89. The molecule has 0 spiro atoms. The molecule has 0 bridgehead atoms. The number of benzene rings is 1. The van der Waals surface area contributed by atoms with Gasteiger partial charge in [0.2, 0.25) is 0 Å². The second-order valence-electron chi connectivity index (χ2n) is 4.98. The van der Waals surface area contributed by atoms with Crippen LogP contribution in [-0.4, -0.2) is 38.8 Å². The van der Waals surface area contributed by atoms with Crippen LogP contribution in [0.5, 0.6) is 0 Å². The second kappa shape index (κ2) is 6.87. The molecule has 0 aliphatic carbocycles. The van der Waals surface area contributed by atoms with Crippen molar-refractivity contribution in [2.75, 3.05) is 23.8 Å². The number of aryl methyl sites for hydroxylation is 1. The molecule has 20 heavy (non-hydrogen) atoms. The lowest BCUT2D eigenvalue weighted by atomic mass is 10.2. The van der Waals surface area contributed by atoms with E-state index in [9.17, 15) is 0 Å². The van der Waals surface area contributed by atoms with Crippen molar-refractivity contribution >= 4 is 34.4 Å². The summed E-state index contributed by atoms with van der Waals surface area (Å²) in [6.45, 7) is 5.03. The first-order valence-corrected chi connectivity index (χ1v) is 9.43. The van der Waals surface area contributed by atoms with Crippen molar-refractivity contribution < 1.29 is 0 Å². The third-order valence-corrected chi connectivity index (χ3v) is 6.43. The highest BCUT2D eigenvalue weighted by atomic mass is 32.2. The molecule has 1 aliphatic heterocycles. The smallest absolute Gasteiger partial charge is 0.0841 e. The van der Waals surface area contributed by atoms with E-state index in [1.165, 1.54) is 33.9 Å². The van der Waals surface area contributed by atoms with E-state index in [4.69, 9.17) is 5.10 Å². The first-order valence-electron chi connectivity index (χ1n) is 7.23. The second-order valence-corrected chi connectivity index (χ2v) is 7.54. The zero-order chi connectivity index (χ0) is 13.8. The van der Waals surface area contributed by atoms with Crippen molar-refractivity contribution in [2.24, 2.45) is 0 Å². The lowest BCUT2D eigenvalue weighted by molar-refractivity contribution is 0.631. The molecule has 0 saturated carbocycles. The summed E-state index contributed by atoms with van der Waals surface area (Å²) in [5.41, 5.74) is 2.42. The van der Waals surface area contributed by atoms with Crippen molar-refractivity contribution in [3.05, 3.63) is 30.0 Å². The van der Waals surface area contributed by atoms with Crippen molar-refractivity contribution in [2.45, 2.75) is 25.3 Å².